The van der Waals surface area contributed by atoms with Crippen LogP contribution in [0.3, 0.4) is 0 Å². The molecule has 0 aliphatic carbocycles. The van der Waals surface area contributed by atoms with Crippen LogP contribution in [0.1, 0.15) is 12.3 Å². The first-order chi connectivity index (χ1) is 12.6. The molecular formula is C17H15F2N3O4. The van der Waals surface area contributed by atoms with E-state index in [1.165, 1.54) is 12.1 Å². The lowest BCUT2D eigenvalue weighted by Gasteiger charge is -2.07. The molecule has 0 saturated heterocycles. The third kappa shape index (κ3) is 4.73. The van der Waals surface area contributed by atoms with Crippen molar-refractivity contribution >= 4 is 0 Å². The monoisotopic (exact) mass is 363 g/mol. The fourth-order valence-electron chi connectivity index (χ4n) is 2.12. The molecule has 0 spiro atoms. The minimum atomic E-state index is -2.91. The number of pyridine rings is 1. The summed E-state index contributed by atoms with van der Waals surface area (Å²) in [6.45, 7) is -2.85. The Labute approximate surface area is 147 Å². The topological polar surface area (TPSA) is 90.5 Å². The molecule has 0 radical (unpaired) electrons. The second-order valence-corrected chi connectivity index (χ2v) is 5.18. The highest BCUT2D eigenvalue weighted by molar-refractivity contribution is 5.57. The van der Waals surface area contributed by atoms with Gasteiger partial charge in [-0.25, -0.2) is 4.98 Å². The van der Waals surface area contributed by atoms with Gasteiger partial charge in [0.05, 0.1) is 6.20 Å². The molecule has 3 rings (SSSR count). The van der Waals surface area contributed by atoms with E-state index in [2.05, 4.69) is 19.9 Å². The highest BCUT2D eigenvalue weighted by atomic mass is 19.3. The first kappa shape index (κ1) is 17.7. The summed E-state index contributed by atoms with van der Waals surface area (Å²) in [6, 6.07) is 9.72. The summed E-state index contributed by atoms with van der Waals surface area (Å²) >= 11 is 0. The number of hydrogen-bond donors (Lipinski definition) is 1. The molecule has 1 aromatic carbocycles. The van der Waals surface area contributed by atoms with Gasteiger partial charge in [0.1, 0.15) is 11.5 Å². The number of rotatable bonds is 8. The van der Waals surface area contributed by atoms with E-state index in [1.54, 1.807) is 24.3 Å². The molecule has 7 nitrogen and oxygen atoms in total. The van der Waals surface area contributed by atoms with E-state index in [1.807, 2.05) is 0 Å². The van der Waals surface area contributed by atoms with E-state index in [4.69, 9.17) is 14.4 Å². The Morgan fingerprint density at radius 2 is 2.04 bits per heavy atom. The van der Waals surface area contributed by atoms with Crippen molar-refractivity contribution in [1.82, 2.24) is 15.1 Å². The summed E-state index contributed by atoms with van der Waals surface area (Å²) < 4.78 is 39.2. The number of nitrogens with zero attached hydrogens (tertiary/aromatic N) is 3. The van der Waals surface area contributed by atoms with Crippen LogP contribution >= 0.6 is 0 Å². The Morgan fingerprint density at radius 3 is 2.77 bits per heavy atom. The van der Waals surface area contributed by atoms with E-state index in [0.717, 1.165) is 6.20 Å². The number of aliphatic hydroxyl groups excluding tert-OH is 1. The lowest BCUT2D eigenvalue weighted by Crippen LogP contribution is -2.02. The van der Waals surface area contributed by atoms with Gasteiger partial charge in [-0.05, 0) is 24.6 Å². The molecule has 2 heterocycles. The maximum Gasteiger partial charge on any atom is 0.387 e. The first-order valence-corrected chi connectivity index (χ1v) is 7.76. The Bertz CT molecular complexity index is 840. The summed E-state index contributed by atoms with van der Waals surface area (Å²) in [5.41, 5.74) is 0.680. The Morgan fingerprint density at radius 1 is 1.15 bits per heavy atom. The van der Waals surface area contributed by atoms with Crippen molar-refractivity contribution in [3.05, 3.63) is 48.5 Å². The number of hydrogen-bond acceptors (Lipinski definition) is 7. The molecule has 136 valence electrons. The molecule has 26 heavy (non-hydrogen) atoms. The van der Waals surface area contributed by atoms with Gasteiger partial charge in [0, 0.05) is 24.7 Å². The molecule has 9 heteroatoms. The number of aromatic nitrogens is 3. The molecule has 0 aliphatic heterocycles. The molecule has 3 aromatic rings. The van der Waals surface area contributed by atoms with Gasteiger partial charge < -0.3 is 19.1 Å². The van der Waals surface area contributed by atoms with Gasteiger partial charge in [0.2, 0.25) is 17.6 Å². The van der Waals surface area contributed by atoms with Crippen molar-refractivity contribution in [3.63, 3.8) is 0 Å². The van der Waals surface area contributed by atoms with E-state index in [9.17, 15) is 8.78 Å². The quantitative estimate of drug-likeness (QED) is 0.655. The van der Waals surface area contributed by atoms with Crippen molar-refractivity contribution in [3.8, 4) is 28.8 Å². The van der Waals surface area contributed by atoms with Crippen molar-refractivity contribution in [2.75, 3.05) is 6.61 Å². The maximum atomic E-state index is 12.1. The summed E-state index contributed by atoms with van der Waals surface area (Å²) in [7, 11) is 0. The average Bonchev–Trinajstić information content (AvgIpc) is 3.10. The summed E-state index contributed by atoms with van der Waals surface area (Å²) in [4.78, 5) is 8.17. The van der Waals surface area contributed by atoms with Crippen LogP contribution in [0, 0.1) is 0 Å². The normalized spacial score (nSPS) is 10.9. The van der Waals surface area contributed by atoms with Crippen molar-refractivity contribution in [2.45, 2.75) is 19.5 Å². The summed E-state index contributed by atoms with van der Waals surface area (Å²) in [6.07, 6.45) is 2.19. The summed E-state index contributed by atoms with van der Waals surface area (Å²) in [5, 5.41) is 12.7. The van der Waals surface area contributed by atoms with E-state index in [0.29, 0.717) is 35.9 Å². The zero-order valence-corrected chi connectivity index (χ0v) is 13.5. The molecule has 0 saturated carbocycles. The van der Waals surface area contributed by atoms with E-state index in [-0.39, 0.29) is 18.2 Å². The second-order valence-electron chi connectivity index (χ2n) is 5.18. The smallest absolute Gasteiger partial charge is 0.387 e. The van der Waals surface area contributed by atoms with Crippen LogP contribution in [0.15, 0.2) is 47.1 Å². The fourth-order valence-corrected chi connectivity index (χ4v) is 2.12. The van der Waals surface area contributed by atoms with Gasteiger partial charge in [-0.2, -0.15) is 13.8 Å². The van der Waals surface area contributed by atoms with Gasteiger partial charge in [-0.1, -0.05) is 17.3 Å². The lowest BCUT2D eigenvalue weighted by atomic mass is 10.2. The highest BCUT2D eigenvalue weighted by Gasteiger charge is 2.10. The van der Waals surface area contributed by atoms with E-state index >= 15 is 0 Å². The zero-order chi connectivity index (χ0) is 18.4. The van der Waals surface area contributed by atoms with Crippen LogP contribution in [-0.2, 0) is 6.42 Å². The van der Waals surface area contributed by atoms with Gasteiger partial charge in [0.25, 0.3) is 0 Å². The van der Waals surface area contributed by atoms with Crippen LogP contribution < -0.4 is 9.47 Å². The molecule has 0 unspecified atom stereocenters. The van der Waals surface area contributed by atoms with Gasteiger partial charge in [-0.3, -0.25) is 0 Å². The molecular weight excluding hydrogens is 348 g/mol. The molecule has 2 aromatic heterocycles. The number of alkyl halides is 2. The molecule has 0 amide bonds. The Balaban J connectivity index is 1.70. The average molecular weight is 363 g/mol. The number of aryl methyl sites for hydroxylation is 1. The van der Waals surface area contributed by atoms with Gasteiger partial charge >= 0.3 is 6.61 Å². The molecule has 1 N–H and O–H groups in total. The third-order valence-corrected chi connectivity index (χ3v) is 3.27. The van der Waals surface area contributed by atoms with Crippen LogP contribution in [0.4, 0.5) is 8.78 Å². The van der Waals surface area contributed by atoms with Crippen LogP contribution in [0.5, 0.6) is 17.4 Å². The molecule has 0 bridgehead atoms. The lowest BCUT2D eigenvalue weighted by molar-refractivity contribution is -0.0501. The van der Waals surface area contributed by atoms with Gasteiger partial charge in [-0.15, -0.1) is 0 Å². The highest BCUT2D eigenvalue weighted by Crippen LogP contribution is 2.26. The predicted molar refractivity (Wildman–Crippen MR) is 86.1 cm³/mol. The Kier molecular flexibility index (Phi) is 5.69. The second kappa shape index (κ2) is 8.34. The first-order valence-electron chi connectivity index (χ1n) is 7.76. The number of aliphatic hydroxyl groups is 1. The summed E-state index contributed by atoms with van der Waals surface area (Å²) in [5.74, 6) is 1.48. The van der Waals surface area contributed by atoms with Crippen LogP contribution in [-0.4, -0.2) is 33.4 Å². The zero-order valence-electron chi connectivity index (χ0n) is 13.5. The standard InChI is InChI=1S/C17H15F2N3O4/c18-17(19)25-13-6-7-14(20-10-13)24-12-4-1-3-11(9-12)16-21-15(26-22-16)5-2-8-23/h1,3-4,6-7,9-10,17,23H,2,5,8H2. The van der Waals surface area contributed by atoms with Crippen molar-refractivity contribution in [2.24, 2.45) is 0 Å². The SMILES string of the molecule is OCCCc1nc(-c2cccc(Oc3ccc(OC(F)F)cn3)c2)no1. The fraction of sp³-hybridized carbons (Fsp3) is 0.235. The van der Waals surface area contributed by atoms with Crippen molar-refractivity contribution < 1.29 is 27.9 Å². The third-order valence-electron chi connectivity index (χ3n) is 3.27. The van der Waals surface area contributed by atoms with Crippen molar-refractivity contribution in [1.29, 1.82) is 0 Å². The maximum absolute atomic E-state index is 12.1. The minimum Gasteiger partial charge on any atom is -0.439 e. The Hall–Kier alpha value is -3.07. The number of halogens is 2. The minimum absolute atomic E-state index is 0.0508. The van der Waals surface area contributed by atoms with Crippen LogP contribution in [0.25, 0.3) is 11.4 Å². The van der Waals surface area contributed by atoms with Crippen LogP contribution in [0.2, 0.25) is 0 Å². The van der Waals surface area contributed by atoms with E-state index < -0.39 is 6.61 Å². The predicted octanol–water partition coefficient (Wildman–Crippen LogP) is 3.45. The molecule has 0 aliphatic rings. The van der Waals surface area contributed by atoms with Gasteiger partial charge in [0.15, 0.2) is 0 Å². The largest absolute Gasteiger partial charge is 0.439 e. The number of benzene rings is 1. The number of ether oxygens (including phenoxy) is 2. The molecule has 0 atom stereocenters. The molecule has 0 fully saturated rings.